The molecule has 1 aromatic rings. The number of hydrogen-bond acceptors (Lipinski definition) is 4. The first-order valence-corrected chi connectivity index (χ1v) is 9.17. The number of hydrogen-bond donors (Lipinski definition) is 0. The minimum Gasteiger partial charge on any atom is -0.466 e. The van der Waals surface area contributed by atoms with Gasteiger partial charge in [0, 0.05) is 37.3 Å². The zero-order chi connectivity index (χ0) is 18.0. The highest BCUT2D eigenvalue weighted by Gasteiger charge is 2.60. The van der Waals surface area contributed by atoms with Crippen molar-refractivity contribution in [3.05, 3.63) is 34.7 Å². The van der Waals surface area contributed by atoms with Crippen LogP contribution in [0.15, 0.2) is 29.2 Å². The van der Waals surface area contributed by atoms with Crippen LogP contribution >= 0.6 is 0 Å². The maximum atomic E-state index is 12.8. The van der Waals surface area contributed by atoms with E-state index in [1.807, 2.05) is 18.7 Å². The summed E-state index contributed by atoms with van der Waals surface area (Å²) in [6.07, 6.45) is 5.17. The van der Waals surface area contributed by atoms with Crippen molar-refractivity contribution in [1.82, 2.24) is 9.47 Å². The van der Waals surface area contributed by atoms with Gasteiger partial charge >= 0.3 is 5.97 Å². The minimum absolute atomic E-state index is 0.0304. The van der Waals surface area contributed by atoms with Gasteiger partial charge in [-0.15, -0.1) is 0 Å². The summed E-state index contributed by atoms with van der Waals surface area (Å²) in [5.41, 5.74) is -0.660. The molecule has 3 rings (SSSR count). The summed E-state index contributed by atoms with van der Waals surface area (Å²) in [6.45, 7) is 4.55. The Morgan fingerprint density at radius 3 is 2.76 bits per heavy atom. The molecule has 2 aliphatic rings. The molecule has 0 saturated carbocycles. The maximum Gasteiger partial charge on any atom is 0.314 e. The van der Waals surface area contributed by atoms with E-state index in [0.29, 0.717) is 26.0 Å². The molecule has 1 aromatic heterocycles. The van der Waals surface area contributed by atoms with Crippen molar-refractivity contribution in [1.29, 1.82) is 0 Å². The molecule has 3 atom stereocenters. The normalized spacial score (nSPS) is 27.5. The Kier molecular flexibility index (Phi) is 4.97. The molecule has 0 N–H and O–H groups in total. The second-order valence-electron chi connectivity index (χ2n) is 6.96. The Balaban J connectivity index is 1.73. The number of nitrogens with zero attached hydrogens (tertiary/aromatic N) is 2. The van der Waals surface area contributed by atoms with E-state index in [0.717, 1.165) is 12.8 Å². The molecule has 2 bridgehead atoms. The molecular formula is C19H26N2O4. The van der Waals surface area contributed by atoms with Crippen molar-refractivity contribution in [2.75, 3.05) is 6.61 Å². The lowest BCUT2D eigenvalue weighted by Crippen LogP contribution is -2.45. The van der Waals surface area contributed by atoms with Gasteiger partial charge in [-0.1, -0.05) is 13.0 Å². The number of rotatable bonds is 6. The molecule has 3 heterocycles. The SMILES string of the molecule is CCOC(=O)[C@@]1(CC)C[C@H]2CC[C@@H]1N2C(=O)CCn1ccccc1=O. The smallest absolute Gasteiger partial charge is 0.314 e. The monoisotopic (exact) mass is 346 g/mol. The first-order valence-electron chi connectivity index (χ1n) is 9.17. The summed E-state index contributed by atoms with van der Waals surface area (Å²) in [4.78, 5) is 39.1. The van der Waals surface area contributed by atoms with E-state index in [1.165, 1.54) is 6.07 Å². The van der Waals surface area contributed by atoms with E-state index in [2.05, 4.69) is 0 Å². The summed E-state index contributed by atoms with van der Waals surface area (Å²) < 4.78 is 6.87. The third kappa shape index (κ3) is 2.98. The Hall–Kier alpha value is -2.11. The molecule has 0 aliphatic carbocycles. The number of aromatic nitrogens is 1. The lowest BCUT2D eigenvalue weighted by molar-refractivity contribution is -0.158. The van der Waals surface area contributed by atoms with E-state index in [4.69, 9.17) is 4.74 Å². The zero-order valence-electron chi connectivity index (χ0n) is 14.9. The Bertz CT molecular complexity index is 713. The topological polar surface area (TPSA) is 68.6 Å². The van der Waals surface area contributed by atoms with E-state index in [-0.39, 0.29) is 35.9 Å². The number of fused-ring (bicyclic) bond motifs is 2. The number of aryl methyl sites for hydroxylation is 1. The van der Waals surface area contributed by atoms with Crippen molar-refractivity contribution in [2.24, 2.45) is 5.41 Å². The predicted octanol–water partition coefficient (Wildman–Crippen LogP) is 1.96. The summed E-state index contributed by atoms with van der Waals surface area (Å²) in [7, 11) is 0. The van der Waals surface area contributed by atoms with Gasteiger partial charge < -0.3 is 14.2 Å². The van der Waals surface area contributed by atoms with Gasteiger partial charge in [0.25, 0.3) is 5.56 Å². The number of amides is 1. The zero-order valence-corrected chi connectivity index (χ0v) is 14.9. The van der Waals surface area contributed by atoms with Crippen LogP contribution in [-0.4, -0.2) is 40.0 Å². The summed E-state index contributed by atoms with van der Waals surface area (Å²) in [6, 6.07) is 5.02. The molecule has 0 unspecified atom stereocenters. The second-order valence-corrected chi connectivity index (χ2v) is 6.96. The largest absolute Gasteiger partial charge is 0.466 e. The van der Waals surface area contributed by atoms with Crippen LogP contribution in [0.25, 0.3) is 0 Å². The van der Waals surface area contributed by atoms with E-state index >= 15 is 0 Å². The molecule has 25 heavy (non-hydrogen) atoms. The lowest BCUT2D eigenvalue weighted by Gasteiger charge is -2.34. The highest BCUT2D eigenvalue weighted by Crippen LogP contribution is 2.52. The average Bonchev–Trinajstić information content (AvgIpc) is 3.17. The first kappa shape index (κ1) is 17.7. The molecule has 1 amide bonds. The van der Waals surface area contributed by atoms with E-state index < -0.39 is 5.41 Å². The molecule has 6 heteroatoms. The van der Waals surface area contributed by atoms with Crippen LogP contribution in [-0.2, 0) is 20.9 Å². The Morgan fingerprint density at radius 2 is 2.08 bits per heavy atom. The summed E-state index contributed by atoms with van der Waals surface area (Å²) in [5.74, 6) is -0.135. The van der Waals surface area contributed by atoms with Gasteiger partial charge in [0.1, 0.15) is 0 Å². The Labute approximate surface area is 147 Å². The first-order chi connectivity index (χ1) is 12.0. The van der Waals surface area contributed by atoms with Crippen molar-refractivity contribution >= 4 is 11.9 Å². The van der Waals surface area contributed by atoms with Crippen LogP contribution in [0.2, 0.25) is 0 Å². The second kappa shape index (κ2) is 7.02. The maximum absolute atomic E-state index is 12.8. The van der Waals surface area contributed by atoms with Crippen molar-refractivity contribution < 1.29 is 14.3 Å². The van der Waals surface area contributed by atoms with Crippen molar-refractivity contribution in [2.45, 2.75) is 64.6 Å². The van der Waals surface area contributed by atoms with Crippen molar-refractivity contribution in [3.63, 3.8) is 0 Å². The van der Waals surface area contributed by atoms with Crippen LogP contribution in [0.1, 0.15) is 46.0 Å². The van der Waals surface area contributed by atoms with Gasteiger partial charge in [0.05, 0.1) is 12.0 Å². The van der Waals surface area contributed by atoms with Crippen LogP contribution in [0.3, 0.4) is 0 Å². The summed E-state index contributed by atoms with van der Waals surface area (Å²) in [5, 5.41) is 0. The molecule has 0 aromatic carbocycles. The molecule has 2 saturated heterocycles. The highest BCUT2D eigenvalue weighted by atomic mass is 16.5. The number of carbonyl (C=O) groups excluding carboxylic acids is 2. The molecular weight excluding hydrogens is 320 g/mol. The molecule has 6 nitrogen and oxygen atoms in total. The van der Waals surface area contributed by atoms with E-state index in [1.54, 1.807) is 22.9 Å². The molecule has 2 aliphatic heterocycles. The van der Waals surface area contributed by atoms with Crippen molar-refractivity contribution in [3.8, 4) is 0 Å². The average molecular weight is 346 g/mol. The third-order valence-electron chi connectivity index (χ3n) is 5.81. The van der Waals surface area contributed by atoms with Crippen LogP contribution in [0.5, 0.6) is 0 Å². The van der Waals surface area contributed by atoms with Gasteiger partial charge in [-0.2, -0.15) is 0 Å². The molecule has 2 fully saturated rings. The minimum atomic E-state index is -0.557. The number of esters is 1. The standard InChI is InChI=1S/C19H26N2O4/c1-3-19(18(24)25-4-2)13-14-8-9-15(19)21(14)17(23)10-12-20-11-6-5-7-16(20)22/h5-7,11,14-15H,3-4,8-10,12-13H2,1-2H3/t14-,15+,19+/m1/s1. The van der Waals surface area contributed by atoms with Gasteiger partial charge in [0.15, 0.2) is 0 Å². The van der Waals surface area contributed by atoms with E-state index in [9.17, 15) is 14.4 Å². The highest BCUT2D eigenvalue weighted by molar-refractivity contribution is 5.83. The fourth-order valence-corrected chi connectivity index (χ4v) is 4.57. The van der Waals surface area contributed by atoms with Gasteiger partial charge in [-0.3, -0.25) is 14.4 Å². The van der Waals surface area contributed by atoms with Crippen LogP contribution in [0.4, 0.5) is 0 Å². The quantitative estimate of drug-likeness (QED) is 0.739. The molecule has 136 valence electrons. The number of ether oxygens (including phenoxy) is 1. The lowest BCUT2D eigenvalue weighted by atomic mass is 9.72. The van der Waals surface area contributed by atoms with Gasteiger partial charge in [-0.05, 0) is 38.7 Å². The van der Waals surface area contributed by atoms with Crippen LogP contribution in [0, 0.1) is 5.41 Å². The predicted molar refractivity (Wildman–Crippen MR) is 92.9 cm³/mol. The van der Waals surface area contributed by atoms with Crippen LogP contribution < -0.4 is 5.56 Å². The molecule has 0 spiro atoms. The number of carbonyl (C=O) groups is 2. The molecule has 0 radical (unpaired) electrons. The fourth-order valence-electron chi connectivity index (χ4n) is 4.57. The Morgan fingerprint density at radius 1 is 1.28 bits per heavy atom. The summed E-state index contributed by atoms with van der Waals surface area (Å²) >= 11 is 0. The fraction of sp³-hybridized carbons (Fsp3) is 0.632. The number of pyridine rings is 1. The van der Waals surface area contributed by atoms with Gasteiger partial charge in [0.2, 0.25) is 5.91 Å². The van der Waals surface area contributed by atoms with Gasteiger partial charge in [-0.25, -0.2) is 0 Å². The third-order valence-corrected chi connectivity index (χ3v) is 5.81.